The van der Waals surface area contributed by atoms with Crippen LogP contribution in [0.15, 0.2) is 6.07 Å². The average molecular weight is 212 g/mol. The van der Waals surface area contributed by atoms with E-state index in [-0.39, 0.29) is 5.56 Å². The number of hydrogen-bond acceptors (Lipinski definition) is 2. The van der Waals surface area contributed by atoms with Gasteiger partial charge in [0.05, 0.1) is 12.7 Å². The highest BCUT2D eigenvalue weighted by Crippen LogP contribution is 2.29. The highest BCUT2D eigenvalue weighted by atomic mass is 19.1. The van der Waals surface area contributed by atoms with Gasteiger partial charge in [-0.25, -0.2) is 9.18 Å². The van der Waals surface area contributed by atoms with Crippen LogP contribution in [0.25, 0.3) is 0 Å². The molecular formula is C11H13FO3. The molecule has 3 nitrogen and oxygen atoms in total. The molecule has 82 valence electrons. The van der Waals surface area contributed by atoms with Crippen LogP contribution in [-0.2, 0) is 6.42 Å². The minimum Gasteiger partial charge on any atom is -0.496 e. The van der Waals surface area contributed by atoms with E-state index >= 15 is 0 Å². The van der Waals surface area contributed by atoms with Gasteiger partial charge in [-0.2, -0.15) is 0 Å². The highest BCUT2D eigenvalue weighted by molar-refractivity contribution is 5.90. The van der Waals surface area contributed by atoms with E-state index in [2.05, 4.69) is 0 Å². The van der Waals surface area contributed by atoms with Crippen molar-refractivity contribution in [2.45, 2.75) is 20.3 Å². The number of carboxylic acid groups (broad SMARTS) is 1. The molecule has 0 spiro atoms. The quantitative estimate of drug-likeness (QED) is 0.836. The molecular weight excluding hydrogens is 199 g/mol. The molecule has 15 heavy (non-hydrogen) atoms. The number of aromatic carboxylic acids is 1. The van der Waals surface area contributed by atoms with Gasteiger partial charge in [0.25, 0.3) is 0 Å². The maximum Gasteiger partial charge on any atom is 0.336 e. The van der Waals surface area contributed by atoms with Crippen LogP contribution in [0.1, 0.15) is 28.4 Å². The largest absolute Gasteiger partial charge is 0.496 e. The van der Waals surface area contributed by atoms with E-state index in [0.29, 0.717) is 23.3 Å². The van der Waals surface area contributed by atoms with E-state index in [1.807, 2.05) is 6.92 Å². The minimum atomic E-state index is -1.14. The van der Waals surface area contributed by atoms with Crippen molar-refractivity contribution >= 4 is 5.97 Å². The van der Waals surface area contributed by atoms with Gasteiger partial charge in [-0.05, 0) is 19.4 Å². The molecule has 0 aliphatic rings. The monoisotopic (exact) mass is 212 g/mol. The molecule has 0 unspecified atom stereocenters. The molecule has 0 aliphatic carbocycles. The third-order valence-corrected chi connectivity index (χ3v) is 2.36. The third kappa shape index (κ3) is 1.93. The van der Waals surface area contributed by atoms with Gasteiger partial charge in [-0.15, -0.1) is 0 Å². The summed E-state index contributed by atoms with van der Waals surface area (Å²) >= 11 is 0. The summed E-state index contributed by atoms with van der Waals surface area (Å²) in [6, 6.07) is 1.04. The molecule has 0 aliphatic heterocycles. The number of hydrogen-bond donors (Lipinski definition) is 1. The Morgan fingerprint density at radius 1 is 1.60 bits per heavy atom. The predicted octanol–water partition coefficient (Wildman–Crippen LogP) is 2.40. The first-order valence-corrected chi connectivity index (χ1v) is 4.62. The predicted molar refractivity (Wildman–Crippen MR) is 54.0 cm³/mol. The van der Waals surface area contributed by atoms with E-state index in [1.165, 1.54) is 7.11 Å². The van der Waals surface area contributed by atoms with Gasteiger partial charge in [0.2, 0.25) is 0 Å². The molecule has 0 aromatic heterocycles. The van der Waals surface area contributed by atoms with Gasteiger partial charge in [0.1, 0.15) is 11.6 Å². The number of halogens is 1. The van der Waals surface area contributed by atoms with Crippen molar-refractivity contribution in [3.63, 3.8) is 0 Å². The van der Waals surface area contributed by atoms with Crippen LogP contribution in [0.2, 0.25) is 0 Å². The fourth-order valence-electron chi connectivity index (χ4n) is 1.60. The number of ether oxygens (including phenoxy) is 1. The van der Waals surface area contributed by atoms with Gasteiger partial charge in [0, 0.05) is 11.1 Å². The molecule has 0 saturated heterocycles. The van der Waals surface area contributed by atoms with Gasteiger partial charge in [-0.1, -0.05) is 6.92 Å². The molecule has 0 amide bonds. The Balaban J connectivity index is 3.54. The van der Waals surface area contributed by atoms with E-state index in [0.717, 1.165) is 6.07 Å². The van der Waals surface area contributed by atoms with Gasteiger partial charge < -0.3 is 9.84 Å². The van der Waals surface area contributed by atoms with Crippen molar-refractivity contribution in [2.75, 3.05) is 7.11 Å². The Hall–Kier alpha value is -1.58. The standard InChI is InChI=1S/C11H13FO3/c1-4-7-8(11(13)14)5-9(12)6(2)10(7)15-3/h5H,4H2,1-3H3,(H,13,14). The lowest BCUT2D eigenvalue weighted by atomic mass is 10.00. The smallest absolute Gasteiger partial charge is 0.336 e. The van der Waals surface area contributed by atoms with Gasteiger partial charge in [0.15, 0.2) is 0 Å². The molecule has 1 aromatic carbocycles. The first-order valence-electron chi connectivity index (χ1n) is 4.62. The second kappa shape index (κ2) is 4.29. The fraction of sp³-hybridized carbons (Fsp3) is 0.364. The SMILES string of the molecule is CCc1c(C(=O)O)cc(F)c(C)c1OC. The Morgan fingerprint density at radius 3 is 2.60 bits per heavy atom. The number of methoxy groups -OCH3 is 1. The van der Waals surface area contributed by atoms with E-state index in [9.17, 15) is 9.18 Å². The summed E-state index contributed by atoms with van der Waals surface area (Å²) in [5.74, 6) is -1.36. The summed E-state index contributed by atoms with van der Waals surface area (Å²) < 4.78 is 18.4. The fourth-order valence-corrected chi connectivity index (χ4v) is 1.60. The topological polar surface area (TPSA) is 46.5 Å². The van der Waals surface area contributed by atoms with Crippen molar-refractivity contribution in [1.82, 2.24) is 0 Å². The van der Waals surface area contributed by atoms with E-state index in [4.69, 9.17) is 9.84 Å². The van der Waals surface area contributed by atoms with E-state index in [1.54, 1.807) is 6.92 Å². The summed E-state index contributed by atoms with van der Waals surface area (Å²) in [6.07, 6.45) is 0.492. The Labute approximate surface area is 87.5 Å². The molecule has 1 N–H and O–H groups in total. The molecule has 0 radical (unpaired) electrons. The number of carboxylic acids is 1. The van der Waals surface area contributed by atoms with Crippen molar-refractivity contribution in [1.29, 1.82) is 0 Å². The first kappa shape index (κ1) is 11.5. The van der Waals surface area contributed by atoms with Crippen LogP contribution < -0.4 is 4.74 Å². The number of rotatable bonds is 3. The second-order valence-corrected chi connectivity index (χ2v) is 3.20. The molecule has 0 atom stereocenters. The summed E-state index contributed by atoms with van der Waals surface area (Å²) in [5, 5.41) is 8.91. The zero-order chi connectivity index (χ0) is 11.6. The van der Waals surface area contributed by atoms with Crippen LogP contribution in [-0.4, -0.2) is 18.2 Å². The molecule has 0 saturated carbocycles. The Morgan fingerprint density at radius 2 is 2.20 bits per heavy atom. The van der Waals surface area contributed by atoms with E-state index < -0.39 is 11.8 Å². The van der Waals surface area contributed by atoms with Crippen molar-refractivity contribution in [3.05, 3.63) is 28.6 Å². The van der Waals surface area contributed by atoms with Crippen molar-refractivity contribution < 1.29 is 19.0 Å². The Kier molecular flexibility index (Phi) is 3.29. The maximum atomic E-state index is 13.4. The summed E-state index contributed by atoms with van der Waals surface area (Å²) in [6.45, 7) is 3.38. The maximum absolute atomic E-state index is 13.4. The molecule has 4 heteroatoms. The van der Waals surface area contributed by atoms with Crippen LogP contribution in [0.4, 0.5) is 4.39 Å². The first-order chi connectivity index (χ1) is 7.02. The summed E-state index contributed by atoms with van der Waals surface area (Å²) in [7, 11) is 1.41. The molecule has 0 bridgehead atoms. The summed E-state index contributed by atoms with van der Waals surface area (Å²) in [5.41, 5.74) is 0.848. The molecule has 1 aromatic rings. The number of carbonyl (C=O) groups is 1. The zero-order valence-electron chi connectivity index (χ0n) is 8.93. The van der Waals surface area contributed by atoms with Gasteiger partial charge in [-0.3, -0.25) is 0 Å². The molecule has 1 rings (SSSR count). The van der Waals surface area contributed by atoms with Crippen molar-refractivity contribution in [3.8, 4) is 5.75 Å². The van der Waals surface area contributed by atoms with Crippen LogP contribution in [0.3, 0.4) is 0 Å². The number of benzene rings is 1. The lowest BCUT2D eigenvalue weighted by Crippen LogP contribution is -2.07. The van der Waals surface area contributed by atoms with Gasteiger partial charge >= 0.3 is 5.97 Å². The van der Waals surface area contributed by atoms with Crippen LogP contribution in [0.5, 0.6) is 5.75 Å². The van der Waals surface area contributed by atoms with Crippen molar-refractivity contribution in [2.24, 2.45) is 0 Å². The zero-order valence-corrected chi connectivity index (χ0v) is 8.93. The molecule has 0 fully saturated rings. The summed E-state index contributed by atoms with van der Waals surface area (Å²) in [4.78, 5) is 10.9. The second-order valence-electron chi connectivity index (χ2n) is 3.20. The Bertz CT molecular complexity index is 399. The third-order valence-electron chi connectivity index (χ3n) is 2.36. The molecule has 0 heterocycles. The van der Waals surface area contributed by atoms with Crippen LogP contribution >= 0.6 is 0 Å². The van der Waals surface area contributed by atoms with Crippen LogP contribution in [0, 0.1) is 12.7 Å². The lowest BCUT2D eigenvalue weighted by molar-refractivity contribution is 0.0694. The average Bonchev–Trinajstić information content (AvgIpc) is 2.20. The normalized spacial score (nSPS) is 10.1. The minimum absolute atomic E-state index is 0.0301. The lowest BCUT2D eigenvalue weighted by Gasteiger charge is -2.13. The highest BCUT2D eigenvalue weighted by Gasteiger charge is 2.18.